The van der Waals surface area contributed by atoms with Crippen molar-refractivity contribution in [1.82, 2.24) is 0 Å². The van der Waals surface area contributed by atoms with Gasteiger partial charge in [0.15, 0.2) is 13.2 Å². The Hall–Kier alpha value is -3.35. The van der Waals surface area contributed by atoms with Crippen LogP contribution in [0.25, 0.3) is 0 Å². The van der Waals surface area contributed by atoms with E-state index in [1.54, 1.807) is 12.1 Å². The third-order valence-electron chi connectivity index (χ3n) is 4.50. The largest absolute Gasteiger partial charge is 0.481 e. The van der Waals surface area contributed by atoms with Crippen LogP contribution in [0.5, 0.6) is 5.75 Å². The first-order valence-electron chi connectivity index (χ1n) is 9.80. The molecule has 3 N–H and O–H groups in total. The van der Waals surface area contributed by atoms with Crippen LogP contribution in [0, 0.1) is 0 Å². The molecule has 160 valence electrons. The average molecular weight is 412 g/mol. The summed E-state index contributed by atoms with van der Waals surface area (Å²) in [7, 11) is 0. The lowest BCUT2D eigenvalue weighted by atomic mass is 9.92. The standard InChI is InChI=1S/C23H28N2O5/c1-14(2)16-9-7-10-17(15(3)4)22(16)25-20(26)12-30-21(27)13-29-19-11-6-5-8-18(19)23(24)28/h5-11,14-15H,12-13H2,1-4H3,(H2,24,28)(H,25,26). The molecule has 7 nitrogen and oxygen atoms in total. The Morgan fingerprint density at radius 2 is 1.50 bits per heavy atom. The van der Waals surface area contributed by atoms with Crippen LogP contribution < -0.4 is 15.8 Å². The number of esters is 1. The Morgan fingerprint density at radius 3 is 2.07 bits per heavy atom. The molecule has 0 aliphatic heterocycles. The molecule has 0 aromatic heterocycles. The number of carbonyl (C=O) groups is 3. The highest BCUT2D eigenvalue weighted by Gasteiger charge is 2.17. The fourth-order valence-electron chi connectivity index (χ4n) is 2.99. The van der Waals surface area contributed by atoms with Gasteiger partial charge in [-0.3, -0.25) is 9.59 Å². The fourth-order valence-corrected chi connectivity index (χ4v) is 2.99. The number of para-hydroxylation sites is 2. The number of hydrogen-bond donors (Lipinski definition) is 2. The molecule has 0 bridgehead atoms. The van der Waals surface area contributed by atoms with Gasteiger partial charge in [-0.25, -0.2) is 4.79 Å². The summed E-state index contributed by atoms with van der Waals surface area (Å²) < 4.78 is 10.3. The van der Waals surface area contributed by atoms with Gasteiger partial charge in [0.2, 0.25) is 0 Å². The lowest BCUT2D eigenvalue weighted by molar-refractivity contribution is -0.149. The summed E-state index contributed by atoms with van der Waals surface area (Å²) in [6.07, 6.45) is 0. The normalized spacial score (nSPS) is 10.7. The number of carbonyl (C=O) groups excluding carboxylic acids is 3. The maximum absolute atomic E-state index is 12.4. The molecule has 0 fully saturated rings. The van der Waals surface area contributed by atoms with Gasteiger partial charge in [-0.1, -0.05) is 58.0 Å². The van der Waals surface area contributed by atoms with E-state index in [-0.39, 0.29) is 23.1 Å². The van der Waals surface area contributed by atoms with Crippen LogP contribution in [0.4, 0.5) is 5.69 Å². The average Bonchev–Trinajstić information content (AvgIpc) is 2.70. The molecule has 7 heteroatoms. The number of nitrogens with one attached hydrogen (secondary N) is 1. The van der Waals surface area contributed by atoms with E-state index >= 15 is 0 Å². The van der Waals surface area contributed by atoms with Crippen molar-refractivity contribution in [3.05, 3.63) is 59.2 Å². The third-order valence-corrected chi connectivity index (χ3v) is 4.50. The van der Waals surface area contributed by atoms with Crippen molar-refractivity contribution in [2.75, 3.05) is 18.5 Å². The lowest BCUT2D eigenvalue weighted by Gasteiger charge is -2.20. The van der Waals surface area contributed by atoms with E-state index in [1.165, 1.54) is 12.1 Å². The van der Waals surface area contributed by atoms with Crippen molar-refractivity contribution in [1.29, 1.82) is 0 Å². The zero-order chi connectivity index (χ0) is 22.3. The minimum absolute atomic E-state index is 0.162. The smallest absolute Gasteiger partial charge is 0.344 e. The van der Waals surface area contributed by atoms with Crippen LogP contribution in [0.15, 0.2) is 42.5 Å². The molecule has 2 aromatic carbocycles. The number of rotatable bonds is 9. The number of nitrogens with two attached hydrogens (primary N) is 1. The van der Waals surface area contributed by atoms with E-state index in [0.717, 1.165) is 16.8 Å². The van der Waals surface area contributed by atoms with Crippen molar-refractivity contribution >= 4 is 23.5 Å². The summed E-state index contributed by atoms with van der Waals surface area (Å²) in [6, 6.07) is 12.2. The molecular weight excluding hydrogens is 384 g/mol. The van der Waals surface area contributed by atoms with Gasteiger partial charge in [0.05, 0.1) is 5.56 Å². The van der Waals surface area contributed by atoms with Crippen molar-refractivity contribution in [2.45, 2.75) is 39.5 Å². The van der Waals surface area contributed by atoms with Gasteiger partial charge in [0, 0.05) is 5.69 Å². The summed E-state index contributed by atoms with van der Waals surface area (Å²) in [6.45, 7) is 7.32. The Kier molecular flexibility index (Phi) is 7.98. The van der Waals surface area contributed by atoms with E-state index in [9.17, 15) is 14.4 Å². The molecule has 0 saturated carbocycles. The van der Waals surface area contributed by atoms with Crippen LogP contribution in [0.2, 0.25) is 0 Å². The van der Waals surface area contributed by atoms with E-state index in [4.69, 9.17) is 15.2 Å². The Balaban J connectivity index is 1.96. The summed E-state index contributed by atoms with van der Waals surface area (Å²) in [5.41, 5.74) is 8.23. The highest BCUT2D eigenvalue weighted by molar-refractivity contribution is 5.96. The molecular formula is C23H28N2O5. The summed E-state index contributed by atoms with van der Waals surface area (Å²) in [5.74, 6) is -1.20. The SMILES string of the molecule is CC(C)c1cccc(C(C)C)c1NC(=O)COC(=O)COc1ccccc1C(N)=O. The molecule has 0 atom stereocenters. The molecule has 2 rings (SSSR count). The number of anilines is 1. The molecule has 0 radical (unpaired) electrons. The molecule has 30 heavy (non-hydrogen) atoms. The van der Waals surface area contributed by atoms with Crippen LogP contribution in [0.1, 0.15) is 61.0 Å². The Morgan fingerprint density at radius 1 is 0.900 bits per heavy atom. The molecule has 2 amide bonds. The van der Waals surface area contributed by atoms with E-state index in [1.807, 2.05) is 18.2 Å². The number of amides is 2. The summed E-state index contributed by atoms with van der Waals surface area (Å²) in [4.78, 5) is 35.7. The Bertz CT molecular complexity index is 895. The summed E-state index contributed by atoms with van der Waals surface area (Å²) >= 11 is 0. The van der Waals surface area contributed by atoms with Crippen LogP contribution in [-0.4, -0.2) is 31.0 Å². The molecule has 2 aromatic rings. The van der Waals surface area contributed by atoms with E-state index in [0.29, 0.717) is 0 Å². The minimum atomic E-state index is -0.731. The molecule has 0 aliphatic rings. The van der Waals surface area contributed by atoms with Crippen molar-refractivity contribution < 1.29 is 23.9 Å². The maximum Gasteiger partial charge on any atom is 0.344 e. The molecule has 0 heterocycles. The van der Waals surface area contributed by atoms with Gasteiger partial charge in [-0.2, -0.15) is 0 Å². The topological polar surface area (TPSA) is 108 Å². The third kappa shape index (κ3) is 6.07. The fraction of sp³-hybridized carbons (Fsp3) is 0.348. The highest BCUT2D eigenvalue weighted by Crippen LogP contribution is 2.32. The van der Waals surface area contributed by atoms with Gasteiger partial charge < -0.3 is 20.5 Å². The number of primary amides is 1. The van der Waals surface area contributed by atoms with Gasteiger partial charge >= 0.3 is 5.97 Å². The first kappa shape index (κ1) is 22.9. The molecule has 0 aliphatic carbocycles. The predicted molar refractivity (Wildman–Crippen MR) is 115 cm³/mol. The van der Waals surface area contributed by atoms with Crippen LogP contribution in [0.3, 0.4) is 0 Å². The van der Waals surface area contributed by atoms with Gasteiger partial charge in [-0.15, -0.1) is 0 Å². The van der Waals surface area contributed by atoms with E-state index in [2.05, 4.69) is 33.0 Å². The van der Waals surface area contributed by atoms with Crippen LogP contribution in [-0.2, 0) is 14.3 Å². The zero-order valence-corrected chi connectivity index (χ0v) is 17.7. The second-order valence-corrected chi connectivity index (χ2v) is 7.48. The Labute approximate surface area is 176 Å². The molecule has 0 saturated heterocycles. The number of ether oxygens (including phenoxy) is 2. The first-order valence-corrected chi connectivity index (χ1v) is 9.80. The number of hydrogen-bond acceptors (Lipinski definition) is 5. The second kappa shape index (κ2) is 10.4. The van der Waals surface area contributed by atoms with Crippen LogP contribution >= 0.6 is 0 Å². The van der Waals surface area contributed by atoms with Gasteiger partial charge in [0.25, 0.3) is 11.8 Å². The van der Waals surface area contributed by atoms with Crippen molar-refractivity contribution in [3.63, 3.8) is 0 Å². The minimum Gasteiger partial charge on any atom is -0.481 e. The van der Waals surface area contributed by atoms with Gasteiger partial charge in [-0.05, 0) is 35.1 Å². The van der Waals surface area contributed by atoms with Crippen molar-refractivity contribution in [3.8, 4) is 5.75 Å². The maximum atomic E-state index is 12.4. The monoisotopic (exact) mass is 412 g/mol. The quantitative estimate of drug-likeness (QED) is 0.612. The molecule has 0 unspecified atom stereocenters. The first-order chi connectivity index (χ1) is 14.2. The lowest BCUT2D eigenvalue weighted by Crippen LogP contribution is -2.25. The van der Waals surface area contributed by atoms with Gasteiger partial charge in [0.1, 0.15) is 5.75 Å². The highest BCUT2D eigenvalue weighted by atomic mass is 16.6. The molecule has 0 spiro atoms. The van der Waals surface area contributed by atoms with E-state index < -0.39 is 31.0 Å². The predicted octanol–water partition coefficient (Wildman–Crippen LogP) is 3.59. The zero-order valence-electron chi connectivity index (χ0n) is 17.7. The van der Waals surface area contributed by atoms with Crippen molar-refractivity contribution in [2.24, 2.45) is 5.73 Å². The second-order valence-electron chi connectivity index (χ2n) is 7.48. The number of benzene rings is 2. The summed E-state index contributed by atoms with van der Waals surface area (Å²) in [5, 5.41) is 2.88.